The van der Waals surface area contributed by atoms with Gasteiger partial charge in [-0.05, 0) is 52.3 Å². The van der Waals surface area contributed by atoms with E-state index in [9.17, 15) is 9.59 Å². The molecule has 0 aliphatic carbocycles. The van der Waals surface area contributed by atoms with E-state index >= 15 is 0 Å². The van der Waals surface area contributed by atoms with Crippen LogP contribution in [-0.4, -0.2) is 38.2 Å². The molecule has 0 spiro atoms. The average Bonchev–Trinajstić information content (AvgIpc) is 3.22. The summed E-state index contributed by atoms with van der Waals surface area (Å²) in [5.74, 6) is -0.0110. The molecular weight excluding hydrogens is 370 g/mol. The topological polar surface area (TPSA) is 102 Å². The van der Waals surface area contributed by atoms with Crippen LogP contribution in [0.15, 0.2) is 30.6 Å². The first-order chi connectivity index (χ1) is 13.8. The molecule has 1 amide bonds. The smallest absolute Gasteiger partial charge is 0.355 e. The van der Waals surface area contributed by atoms with Gasteiger partial charge >= 0.3 is 5.97 Å². The van der Waals surface area contributed by atoms with E-state index in [0.29, 0.717) is 28.3 Å². The molecule has 3 rings (SSSR count). The van der Waals surface area contributed by atoms with Crippen LogP contribution in [0.25, 0.3) is 5.82 Å². The van der Waals surface area contributed by atoms with Gasteiger partial charge < -0.3 is 15.0 Å². The molecule has 8 heteroatoms. The molecule has 0 radical (unpaired) electrons. The van der Waals surface area contributed by atoms with Gasteiger partial charge in [0.2, 0.25) is 0 Å². The Kier molecular flexibility index (Phi) is 5.81. The number of aromatic nitrogens is 4. The second-order valence-electron chi connectivity index (χ2n) is 6.83. The number of ether oxygens (including phenoxy) is 1. The summed E-state index contributed by atoms with van der Waals surface area (Å²) in [5, 5.41) is 7.40. The summed E-state index contributed by atoms with van der Waals surface area (Å²) in [6.45, 7) is 9.35. The number of rotatable bonds is 6. The molecule has 29 heavy (non-hydrogen) atoms. The molecule has 0 aliphatic rings. The summed E-state index contributed by atoms with van der Waals surface area (Å²) in [6, 6.07) is 5.33. The fraction of sp³-hybridized carbons (Fsp3) is 0.333. The largest absolute Gasteiger partial charge is 0.461 e. The second-order valence-corrected chi connectivity index (χ2v) is 6.83. The van der Waals surface area contributed by atoms with Crippen LogP contribution >= 0.6 is 0 Å². The maximum absolute atomic E-state index is 12.9. The predicted octanol–water partition coefficient (Wildman–Crippen LogP) is 3.19. The zero-order valence-electron chi connectivity index (χ0n) is 17.2. The number of hydrogen-bond acceptors (Lipinski definition) is 5. The molecule has 0 bridgehead atoms. The Hall–Kier alpha value is -3.42. The van der Waals surface area contributed by atoms with Gasteiger partial charge in [-0.25, -0.2) is 14.5 Å². The van der Waals surface area contributed by atoms with Gasteiger partial charge in [-0.15, -0.1) is 0 Å². The normalized spacial score (nSPS) is 11.9. The molecule has 1 atom stereocenters. The lowest BCUT2D eigenvalue weighted by atomic mass is 10.1. The molecule has 152 valence electrons. The van der Waals surface area contributed by atoms with Crippen LogP contribution in [-0.2, 0) is 4.74 Å². The molecule has 0 saturated carbocycles. The highest BCUT2D eigenvalue weighted by molar-refractivity contribution is 6.01. The highest BCUT2D eigenvalue weighted by Gasteiger charge is 2.24. The van der Waals surface area contributed by atoms with E-state index in [-0.39, 0.29) is 18.6 Å². The van der Waals surface area contributed by atoms with E-state index in [1.807, 2.05) is 32.0 Å². The number of aromatic amines is 1. The Morgan fingerprint density at radius 2 is 2.03 bits per heavy atom. The molecule has 3 heterocycles. The van der Waals surface area contributed by atoms with Crippen LogP contribution in [0.1, 0.15) is 63.3 Å². The van der Waals surface area contributed by atoms with Crippen molar-refractivity contribution in [1.29, 1.82) is 0 Å². The van der Waals surface area contributed by atoms with Gasteiger partial charge in [0.1, 0.15) is 5.69 Å². The summed E-state index contributed by atoms with van der Waals surface area (Å²) in [6.07, 6.45) is 3.44. The lowest BCUT2D eigenvalue weighted by Crippen LogP contribution is -2.27. The maximum atomic E-state index is 12.9. The molecular formula is C21H25N5O3. The monoisotopic (exact) mass is 395 g/mol. The quantitative estimate of drug-likeness (QED) is 0.624. The van der Waals surface area contributed by atoms with E-state index in [1.54, 1.807) is 37.8 Å². The summed E-state index contributed by atoms with van der Waals surface area (Å²) >= 11 is 0. The standard InChI is InChI=1S/C21H25N5O3/c1-6-29-21(28)19-12(2)18(14(4)24-19)20(27)25-13(3)16-11-23-26(15(16)5)17-9-7-8-10-22-17/h7-11,13,24H,6H2,1-5H3,(H,25,27). The van der Waals surface area contributed by atoms with Crippen molar-refractivity contribution >= 4 is 11.9 Å². The van der Waals surface area contributed by atoms with E-state index in [2.05, 4.69) is 20.4 Å². The van der Waals surface area contributed by atoms with E-state index < -0.39 is 5.97 Å². The molecule has 1 unspecified atom stereocenters. The fourth-order valence-corrected chi connectivity index (χ4v) is 3.40. The zero-order chi connectivity index (χ0) is 21.1. The number of carbonyl (C=O) groups is 2. The van der Waals surface area contributed by atoms with Crippen molar-refractivity contribution in [2.24, 2.45) is 0 Å². The Bertz CT molecular complexity index is 1040. The number of hydrogen-bond donors (Lipinski definition) is 2. The summed E-state index contributed by atoms with van der Waals surface area (Å²) < 4.78 is 6.79. The van der Waals surface area contributed by atoms with Crippen LogP contribution in [0.5, 0.6) is 0 Å². The number of amides is 1. The minimum absolute atomic E-state index is 0.260. The van der Waals surface area contributed by atoms with Crippen LogP contribution in [0.4, 0.5) is 0 Å². The van der Waals surface area contributed by atoms with Crippen molar-refractivity contribution in [1.82, 2.24) is 25.1 Å². The van der Waals surface area contributed by atoms with Gasteiger partial charge in [0.15, 0.2) is 5.82 Å². The number of nitrogens with zero attached hydrogens (tertiary/aromatic N) is 3. The minimum Gasteiger partial charge on any atom is -0.461 e. The molecule has 0 aromatic carbocycles. The minimum atomic E-state index is -0.465. The van der Waals surface area contributed by atoms with Gasteiger partial charge in [-0.3, -0.25) is 4.79 Å². The van der Waals surface area contributed by atoms with Gasteiger partial charge in [0.05, 0.1) is 24.4 Å². The van der Waals surface area contributed by atoms with Gasteiger partial charge in [-0.2, -0.15) is 5.10 Å². The molecule has 8 nitrogen and oxygen atoms in total. The predicted molar refractivity (Wildman–Crippen MR) is 108 cm³/mol. The fourth-order valence-electron chi connectivity index (χ4n) is 3.40. The number of esters is 1. The number of nitrogens with one attached hydrogen (secondary N) is 2. The number of pyridine rings is 1. The van der Waals surface area contributed by atoms with Crippen molar-refractivity contribution in [2.45, 2.75) is 40.7 Å². The van der Waals surface area contributed by atoms with Crippen molar-refractivity contribution in [3.05, 3.63) is 64.4 Å². The van der Waals surface area contributed by atoms with Crippen LogP contribution in [0.3, 0.4) is 0 Å². The summed E-state index contributed by atoms with van der Waals surface area (Å²) in [5.41, 5.74) is 3.74. The second kappa shape index (κ2) is 8.30. The van der Waals surface area contributed by atoms with Crippen LogP contribution in [0, 0.1) is 20.8 Å². The third-order valence-corrected chi connectivity index (χ3v) is 4.87. The molecule has 3 aromatic heterocycles. The summed E-state index contributed by atoms with van der Waals surface area (Å²) in [4.78, 5) is 32.3. The molecule has 2 N–H and O–H groups in total. The van der Waals surface area contributed by atoms with Crippen molar-refractivity contribution in [2.75, 3.05) is 6.61 Å². The zero-order valence-corrected chi connectivity index (χ0v) is 17.2. The third-order valence-electron chi connectivity index (χ3n) is 4.87. The average molecular weight is 395 g/mol. The number of carbonyl (C=O) groups excluding carboxylic acids is 2. The van der Waals surface area contributed by atoms with E-state index in [4.69, 9.17) is 4.74 Å². The number of H-pyrrole nitrogens is 1. The van der Waals surface area contributed by atoms with E-state index in [0.717, 1.165) is 11.3 Å². The van der Waals surface area contributed by atoms with Gasteiger partial charge in [0.25, 0.3) is 5.91 Å². The highest BCUT2D eigenvalue weighted by atomic mass is 16.5. The van der Waals surface area contributed by atoms with Crippen LogP contribution < -0.4 is 5.32 Å². The maximum Gasteiger partial charge on any atom is 0.355 e. The lowest BCUT2D eigenvalue weighted by molar-refractivity contribution is 0.0519. The molecule has 3 aromatic rings. The third kappa shape index (κ3) is 3.91. The molecule has 0 aliphatic heterocycles. The highest BCUT2D eigenvalue weighted by Crippen LogP contribution is 2.22. The first kappa shape index (κ1) is 20.3. The molecule has 0 fully saturated rings. The first-order valence-corrected chi connectivity index (χ1v) is 9.48. The Labute approximate surface area is 169 Å². The Morgan fingerprint density at radius 3 is 2.69 bits per heavy atom. The first-order valence-electron chi connectivity index (χ1n) is 9.48. The molecule has 0 saturated heterocycles. The SMILES string of the molecule is CCOC(=O)c1[nH]c(C)c(C(=O)NC(C)c2cnn(-c3ccccn3)c2C)c1C. The number of aryl methyl sites for hydroxylation is 1. The van der Waals surface area contributed by atoms with Crippen molar-refractivity contribution in [3.8, 4) is 5.82 Å². The van der Waals surface area contributed by atoms with E-state index in [1.165, 1.54) is 0 Å². The van der Waals surface area contributed by atoms with Crippen LogP contribution in [0.2, 0.25) is 0 Å². The summed E-state index contributed by atoms with van der Waals surface area (Å²) in [7, 11) is 0. The Morgan fingerprint density at radius 1 is 1.28 bits per heavy atom. The van der Waals surface area contributed by atoms with Gasteiger partial charge in [0, 0.05) is 23.1 Å². The van der Waals surface area contributed by atoms with Gasteiger partial charge in [-0.1, -0.05) is 6.07 Å². The van der Waals surface area contributed by atoms with Crippen molar-refractivity contribution < 1.29 is 14.3 Å². The van der Waals surface area contributed by atoms with Crippen molar-refractivity contribution in [3.63, 3.8) is 0 Å². The Balaban J connectivity index is 1.82. The lowest BCUT2D eigenvalue weighted by Gasteiger charge is -2.14.